The maximum atomic E-state index is 13.3. The number of nitrogens with zero attached hydrogens (tertiary/aromatic N) is 2. The van der Waals surface area contributed by atoms with E-state index in [1.54, 1.807) is 84.9 Å². The van der Waals surface area contributed by atoms with Gasteiger partial charge in [-0.1, -0.05) is 51.8 Å². The number of esters is 1. The first-order chi connectivity index (χ1) is 20.2. The maximum absolute atomic E-state index is 13.3. The Morgan fingerprint density at radius 2 is 1.52 bits per heavy atom. The van der Waals surface area contributed by atoms with Gasteiger partial charge in [-0.3, -0.25) is 14.4 Å². The number of carbonyl (C=O) groups is 4. The number of benzene rings is 4. The van der Waals surface area contributed by atoms with E-state index in [0.717, 1.165) is 14.9 Å². The molecular formula is C33H20BrClN2O5. The highest BCUT2D eigenvalue weighted by atomic mass is 79.9. The number of ether oxygens (including phenoxy) is 1. The van der Waals surface area contributed by atoms with E-state index in [1.807, 2.05) is 13.0 Å². The average molecular weight is 640 g/mol. The summed E-state index contributed by atoms with van der Waals surface area (Å²) in [6.07, 6.45) is 0. The van der Waals surface area contributed by atoms with Gasteiger partial charge in [0, 0.05) is 26.0 Å². The lowest BCUT2D eigenvalue weighted by atomic mass is 10.0. The van der Waals surface area contributed by atoms with Crippen molar-refractivity contribution in [2.24, 2.45) is 0 Å². The Kier molecular flexibility index (Phi) is 7.18. The van der Waals surface area contributed by atoms with Gasteiger partial charge in [0.05, 0.1) is 33.6 Å². The minimum Gasteiger partial charge on any atom is -0.454 e. The fraction of sp³-hybridized carbons (Fsp3) is 0.0606. The largest absolute Gasteiger partial charge is 0.454 e. The molecule has 4 aromatic carbocycles. The molecule has 1 aromatic heterocycles. The topological polar surface area (TPSA) is 93.6 Å². The van der Waals surface area contributed by atoms with Gasteiger partial charge in [0.15, 0.2) is 12.4 Å². The number of Topliss-reactive ketones (excluding diaryl/α,β-unsaturated/α-hetero) is 1. The van der Waals surface area contributed by atoms with Crippen molar-refractivity contribution in [1.82, 2.24) is 4.98 Å². The van der Waals surface area contributed by atoms with Gasteiger partial charge in [-0.2, -0.15) is 0 Å². The van der Waals surface area contributed by atoms with Crippen molar-refractivity contribution in [2.75, 3.05) is 11.5 Å². The van der Waals surface area contributed by atoms with Crippen LogP contribution in [0, 0.1) is 6.92 Å². The first-order valence-electron chi connectivity index (χ1n) is 12.9. The van der Waals surface area contributed by atoms with Gasteiger partial charge in [-0.15, -0.1) is 0 Å². The Balaban J connectivity index is 1.32. The van der Waals surface area contributed by atoms with E-state index in [-0.39, 0.29) is 23.2 Å². The van der Waals surface area contributed by atoms with Gasteiger partial charge < -0.3 is 4.74 Å². The van der Waals surface area contributed by atoms with Crippen LogP contribution in [0.3, 0.4) is 0 Å². The van der Waals surface area contributed by atoms with Crippen molar-refractivity contribution in [2.45, 2.75) is 6.92 Å². The van der Waals surface area contributed by atoms with Crippen LogP contribution in [0.15, 0.2) is 95.5 Å². The lowest BCUT2D eigenvalue weighted by molar-refractivity contribution is 0.0476. The number of imide groups is 1. The van der Waals surface area contributed by atoms with E-state index in [9.17, 15) is 19.2 Å². The fourth-order valence-corrected chi connectivity index (χ4v) is 5.60. The third kappa shape index (κ3) is 5.00. The van der Waals surface area contributed by atoms with E-state index >= 15 is 0 Å². The Labute approximate surface area is 253 Å². The second-order valence-electron chi connectivity index (χ2n) is 9.72. The summed E-state index contributed by atoms with van der Waals surface area (Å²) in [5.74, 6) is -1.80. The van der Waals surface area contributed by atoms with Gasteiger partial charge in [0.2, 0.25) is 0 Å². The first kappa shape index (κ1) is 27.5. The highest BCUT2D eigenvalue weighted by Crippen LogP contribution is 2.33. The van der Waals surface area contributed by atoms with Crippen molar-refractivity contribution >= 4 is 67.7 Å². The van der Waals surface area contributed by atoms with Gasteiger partial charge >= 0.3 is 5.97 Å². The van der Waals surface area contributed by atoms with E-state index in [0.29, 0.717) is 49.6 Å². The average Bonchev–Trinajstić information content (AvgIpc) is 3.25. The molecule has 2 heterocycles. The molecule has 0 N–H and O–H groups in total. The summed E-state index contributed by atoms with van der Waals surface area (Å²) >= 11 is 9.39. The summed E-state index contributed by atoms with van der Waals surface area (Å²) in [5, 5.41) is 1.06. The summed E-state index contributed by atoms with van der Waals surface area (Å²) in [4.78, 5) is 57.8. The number of fused-ring (bicyclic) bond motifs is 2. The number of amides is 2. The number of hydrogen-bond acceptors (Lipinski definition) is 6. The molecule has 0 unspecified atom stereocenters. The van der Waals surface area contributed by atoms with E-state index in [1.165, 1.54) is 0 Å². The molecule has 1 aliphatic rings. The zero-order valence-corrected chi connectivity index (χ0v) is 24.4. The number of carbonyl (C=O) groups excluding carboxylic acids is 4. The number of halogens is 2. The molecule has 5 aromatic rings. The number of aryl methyl sites for hydroxylation is 1. The van der Waals surface area contributed by atoms with Crippen LogP contribution in [-0.2, 0) is 4.74 Å². The van der Waals surface area contributed by atoms with Gasteiger partial charge in [0.25, 0.3) is 11.8 Å². The Morgan fingerprint density at radius 3 is 2.17 bits per heavy atom. The molecule has 42 heavy (non-hydrogen) atoms. The quantitative estimate of drug-likeness (QED) is 0.109. The molecule has 0 aliphatic carbocycles. The van der Waals surface area contributed by atoms with Crippen molar-refractivity contribution in [3.63, 3.8) is 0 Å². The third-order valence-corrected chi connectivity index (χ3v) is 7.71. The lowest BCUT2D eigenvalue weighted by Gasteiger charge is -2.15. The van der Waals surface area contributed by atoms with Crippen LogP contribution in [0.2, 0.25) is 5.02 Å². The minimum atomic E-state index is -0.675. The zero-order valence-electron chi connectivity index (χ0n) is 22.1. The van der Waals surface area contributed by atoms with E-state index < -0.39 is 12.6 Å². The Bertz CT molecular complexity index is 1900. The molecule has 0 saturated heterocycles. The standard InChI is InChI=1S/C33H20BrClN2O5/c1-18-14-21(34)15-26-27(33(41)42-17-29(38)20-6-10-22(35)11-7-20)16-28(36-30(18)26)19-8-12-23(13-9-19)37-31(39)24-4-2-3-5-25(24)32(37)40/h2-16H,17H2,1H3. The number of aromatic nitrogens is 1. The van der Waals surface area contributed by atoms with Gasteiger partial charge in [0.1, 0.15) is 0 Å². The van der Waals surface area contributed by atoms with Crippen molar-refractivity contribution in [3.8, 4) is 11.3 Å². The second kappa shape index (κ2) is 11.0. The Hall–Kier alpha value is -4.66. The molecule has 0 spiro atoms. The first-order valence-corrected chi connectivity index (χ1v) is 14.0. The normalized spacial score (nSPS) is 12.5. The molecule has 0 bridgehead atoms. The highest BCUT2D eigenvalue weighted by Gasteiger charge is 2.36. The number of ketones is 1. The van der Waals surface area contributed by atoms with Crippen LogP contribution in [0.5, 0.6) is 0 Å². The third-order valence-electron chi connectivity index (χ3n) is 7.00. The monoisotopic (exact) mass is 638 g/mol. The molecular weight excluding hydrogens is 620 g/mol. The van der Waals surface area contributed by atoms with Crippen molar-refractivity contribution in [3.05, 3.63) is 128 Å². The summed E-state index contributed by atoms with van der Waals surface area (Å²) in [6, 6.07) is 25.1. The van der Waals surface area contributed by atoms with Crippen LogP contribution >= 0.6 is 27.5 Å². The predicted molar refractivity (Wildman–Crippen MR) is 163 cm³/mol. The maximum Gasteiger partial charge on any atom is 0.339 e. The molecule has 6 rings (SSSR count). The van der Waals surface area contributed by atoms with Crippen LogP contribution in [0.1, 0.15) is 47.0 Å². The van der Waals surface area contributed by atoms with Crippen molar-refractivity contribution < 1.29 is 23.9 Å². The molecule has 1 aliphatic heterocycles. The lowest BCUT2D eigenvalue weighted by Crippen LogP contribution is -2.29. The highest BCUT2D eigenvalue weighted by molar-refractivity contribution is 9.10. The molecule has 206 valence electrons. The van der Waals surface area contributed by atoms with Gasteiger partial charge in [-0.25, -0.2) is 14.7 Å². The number of rotatable bonds is 6. The fourth-order valence-electron chi connectivity index (χ4n) is 4.91. The van der Waals surface area contributed by atoms with E-state index in [4.69, 9.17) is 21.3 Å². The predicted octanol–water partition coefficient (Wildman–Crippen LogP) is 7.47. The molecule has 7 nitrogen and oxygen atoms in total. The van der Waals surface area contributed by atoms with Crippen molar-refractivity contribution in [1.29, 1.82) is 0 Å². The summed E-state index contributed by atoms with van der Waals surface area (Å²) in [5.41, 5.74) is 4.34. The van der Waals surface area contributed by atoms with Crippen LogP contribution in [0.4, 0.5) is 5.69 Å². The summed E-state index contributed by atoms with van der Waals surface area (Å²) < 4.78 is 6.21. The Morgan fingerprint density at radius 1 is 0.881 bits per heavy atom. The van der Waals surface area contributed by atoms with Crippen LogP contribution in [0.25, 0.3) is 22.2 Å². The molecule has 0 fully saturated rings. The molecule has 0 saturated carbocycles. The summed E-state index contributed by atoms with van der Waals surface area (Å²) in [7, 11) is 0. The van der Waals surface area contributed by atoms with Crippen LogP contribution < -0.4 is 4.90 Å². The molecule has 9 heteroatoms. The van der Waals surface area contributed by atoms with E-state index in [2.05, 4.69) is 15.9 Å². The SMILES string of the molecule is Cc1cc(Br)cc2c(C(=O)OCC(=O)c3ccc(Cl)cc3)cc(-c3ccc(N4C(=O)c5ccccc5C4=O)cc3)nc12. The van der Waals surface area contributed by atoms with Crippen LogP contribution in [-0.4, -0.2) is 35.2 Å². The minimum absolute atomic E-state index is 0.243. The summed E-state index contributed by atoms with van der Waals surface area (Å²) in [6.45, 7) is 1.44. The number of pyridine rings is 1. The van der Waals surface area contributed by atoms with Gasteiger partial charge in [-0.05, 0) is 79.2 Å². The zero-order chi connectivity index (χ0) is 29.5. The smallest absolute Gasteiger partial charge is 0.339 e. The molecule has 0 radical (unpaired) electrons. The number of hydrogen-bond donors (Lipinski definition) is 0. The molecule has 2 amide bonds. The second-order valence-corrected chi connectivity index (χ2v) is 11.1. The number of anilines is 1. The molecule has 0 atom stereocenters.